The summed E-state index contributed by atoms with van der Waals surface area (Å²) in [6.45, 7) is 2.56. The van der Waals surface area contributed by atoms with Gasteiger partial charge in [0.25, 0.3) is 0 Å². The lowest BCUT2D eigenvalue weighted by Crippen LogP contribution is -2.33. The van der Waals surface area contributed by atoms with Gasteiger partial charge in [-0.1, -0.05) is 22.0 Å². The van der Waals surface area contributed by atoms with Crippen LogP contribution in [0.25, 0.3) is 0 Å². The minimum atomic E-state index is -3.59. The highest BCUT2D eigenvalue weighted by Gasteiger charge is 2.28. The van der Waals surface area contributed by atoms with Gasteiger partial charge >= 0.3 is 0 Å². The Kier molecular flexibility index (Phi) is 3.85. The lowest BCUT2D eigenvalue weighted by Gasteiger charge is -2.23. The highest BCUT2D eigenvalue weighted by atomic mass is 79.9. The molecule has 0 saturated carbocycles. The Balaban J connectivity index is 1.93. The molecule has 1 aliphatic rings. The third-order valence-corrected chi connectivity index (χ3v) is 6.10. The van der Waals surface area contributed by atoms with Crippen LogP contribution in [0.4, 0.5) is 0 Å². The van der Waals surface area contributed by atoms with Crippen LogP contribution in [0, 0.1) is 6.92 Å². The first-order valence-electron chi connectivity index (χ1n) is 6.64. The van der Waals surface area contributed by atoms with Gasteiger partial charge in [0.05, 0.1) is 10.9 Å². The number of nitrogens with one attached hydrogen (secondary N) is 1. The standard InChI is InChI=1S/C13H15BrN4O2S/c1-9-10(14)4-2-6-12(9)21(19,20)17-11-5-3-7-18-13(11)15-8-16-18/h2,4,6,8,11,17H,3,5,7H2,1H3/t11-/m0/s1. The zero-order chi connectivity index (χ0) is 15.0. The predicted molar refractivity (Wildman–Crippen MR) is 81.2 cm³/mol. The van der Waals surface area contributed by atoms with Gasteiger partial charge in [-0.3, -0.25) is 0 Å². The second kappa shape index (κ2) is 5.51. The summed E-state index contributed by atoms with van der Waals surface area (Å²) in [4.78, 5) is 4.46. The molecule has 1 aromatic carbocycles. The molecule has 1 N–H and O–H groups in total. The summed E-state index contributed by atoms with van der Waals surface area (Å²) in [5.74, 6) is 0.678. The molecule has 1 aromatic heterocycles. The quantitative estimate of drug-likeness (QED) is 0.897. The molecular formula is C13H15BrN4O2S. The predicted octanol–water partition coefficient (Wildman–Crippen LogP) is 2.16. The van der Waals surface area contributed by atoms with Crippen LogP contribution in [0.1, 0.15) is 30.3 Å². The van der Waals surface area contributed by atoms with Crippen LogP contribution in [-0.4, -0.2) is 23.2 Å². The van der Waals surface area contributed by atoms with E-state index in [-0.39, 0.29) is 10.9 Å². The van der Waals surface area contributed by atoms with E-state index in [1.807, 2.05) is 6.07 Å². The van der Waals surface area contributed by atoms with Crippen molar-refractivity contribution in [3.63, 3.8) is 0 Å². The van der Waals surface area contributed by atoms with Crippen molar-refractivity contribution >= 4 is 26.0 Å². The molecule has 0 amide bonds. The molecule has 0 aliphatic carbocycles. The normalized spacial score (nSPS) is 18.5. The molecule has 8 heteroatoms. The molecular weight excluding hydrogens is 356 g/mol. The molecule has 3 rings (SSSR count). The minimum Gasteiger partial charge on any atom is -0.248 e. The van der Waals surface area contributed by atoms with Crippen LogP contribution < -0.4 is 4.72 Å². The Morgan fingerprint density at radius 3 is 3.05 bits per heavy atom. The topological polar surface area (TPSA) is 76.9 Å². The lowest BCUT2D eigenvalue weighted by atomic mass is 10.1. The monoisotopic (exact) mass is 370 g/mol. The van der Waals surface area contributed by atoms with E-state index in [9.17, 15) is 8.42 Å². The number of hydrogen-bond donors (Lipinski definition) is 1. The van der Waals surface area contributed by atoms with Crippen LogP contribution >= 0.6 is 15.9 Å². The van der Waals surface area contributed by atoms with E-state index < -0.39 is 10.0 Å². The third-order valence-electron chi connectivity index (χ3n) is 3.62. The van der Waals surface area contributed by atoms with Crippen molar-refractivity contribution in [1.29, 1.82) is 0 Å². The van der Waals surface area contributed by atoms with Crippen LogP contribution in [-0.2, 0) is 16.6 Å². The number of sulfonamides is 1. The van der Waals surface area contributed by atoms with Crippen LogP contribution in [0.15, 0.2) is 33.9 Å². The Labute approximate surface area is 131 Å². The van der Waals surface area contributed by atoms with E-state index in [4.69, 9.17) is 0 Å². The Morgan fingerprint density at radius 2 is 2.24 bits per heavy atom. The second-order valence-corrected chi connectivity index (χ2v) is 7.56. The Morgan fingerprint density at radius 1 is 1.43 bits per heavy atom. The first-order chi connectivity index (χ1) is 9.99. The van der Waals surface area contributed by atoms with E-state index in [1.54, 1.807) is 23.7 Å². The number of halogens is 1. The molecule has 0 fully saturated rings. The first kappa shape index (κ1) is 14.7. The number of hydrogen-bond acceptors (Lipinski definition) is 4. The zero-order valence-corrected chi connectivity index (χ0v) is 13.9. The van der Waals surface area contributed by atoms with Gasteiger partial charge in [-0.2, -0.15) is 5.10 Å². The van der Waals surface area contributed by atoms with Gasteiger partial charge in [0.15, 0.2) is 0 Å². The van der Waals surface area contributed by atoms with Gasteiger partial charge in [-0.15, -0.1) is 0 Å². The highest BCUT2D eigenvalue weighted by molar-refractivity contribution is 9.10. The maximum Gasteiger partial charge on any atom is 0.241 e. The molecule has 1 atom stereocenters. The molecule has 2 aromatic rings. The molecule has 21 heavy (non-hydrogen) atoms. The molecule has 112 valence electrons. The SMILES string of the molecule is Cc1c(Br)cccc1S(=O)(=O)N[C@H]1CCCn2ncnc21. The Bertz CT molecular complexity index is 772. The van der Waals surface area contributed by atoms with Gasteiger partial charge in [0, 0.05) is 11.0 Å². The third kappa shape index (κ3) is 2.75. The number of nitrogens with zero attached hydrogens (tertiary/aromatic N) is 3. The molecule has 1 aliphatic heterocycles. The largest absolute Gasteiger partial charge is 0.248 e. The molecule has 0 radical (unpaired) electrons. The fourth-order valence-corrected chi connectivity index (χ4v) is 4.52. The number of benzene rings is 1. The minimum absolute atomic E-state index is 0.286. The average Bonchev–Trinajstić information content (AvgIpc) is 2.91. The number of rotatable bonds is 3. The lowest BCUT2D eigenvalue weighted by molar-refractivity contribution is 0.400. The molecule has 0 bridgehead atoms. The zero-order valence-electron chi connectivity index (χ0n) is 11.5. The van der Waals surface area contributed by atoms with Gasteiger partial charge in [0.2, 0.25) is 10.0 Å². The van der Waals surface area contributed by atoms with E-state index in [2.05, 4.69) is 30.7 Å². The number of aromatic nitrogens is 3. The summed E-state index contributed by atoms with van der Waals surface area (Å²) in [7, 11) is -3.59. The van der Waals surface area contributed by atoms with Gasteiger partial charge in [0.1, 0.15) is 12.2 Å². The van der Waals surface area contributed by atoms with Gasteiger partial charge < -0.3 is 0 Å². The molecule has 0 spiro atoms. The van der Waals surface area contributed by atoms with Gasteiger partial charge in [-0.05, 0) is 37.5 Å². The van der Waals surface area contributed by atoms with Crippen molar-refractivity contribution < 1.29 is 8.42 Å². The van der Waals surface area contributed by atoms with E-state index in [0.717, 1.165) is 23.9 Å². The van der Waals surface area contributed by atoms with Crippen molar-refractivity contribution in [2.24, 2.45) is 0 Å². The summed E-state index contributed by atoms with van der Waals surface area (Å²) in [5, 5.41) is 4.10. The van der Waals surface area contributed by atoms with Crippen molar-refractivity contribution in [3.8, 4) is 0 Å². The van der Waals surface area contributed by atoms with E-state index in [1.165, 1.54) is 6.33 Å². The molecule has 2 heterocycles. The maximum absolute atomic E-state index is 12.6. The Hall–Kier alpha value is -1.25. The van der Waals surface area contributed by atoms with E-state index >= 15 is 0 Å². The number of aryl methyl sites for hydroxylation is 1. The van der Waals surface area contributed by atoms with Crippen molar-refractivity contribution in [3.05, 3.63) is 40.4 Å². The van der Waals surface area contributed by atoms with Gasteiger partial charge in [-0.25, -0.2) is 22.8 Å². The van der Waals surface area contributed by atoms with Crippen molar-refractivity contribution in [1.82, 2.24) is 19.5 Å². The number of fused-ring (bicyclic) bond motifs is 1. The van der Waals surface area contributed by atoms with Crippen LogP contribution in [0.5, 0.6) is 0 Å². The summed E-state index contributed by atoms with van der Waals surface area (Å²) in [6, 6.07) is 4.82. The molecule has 0 saturated heterocycles. The van der Waals surface area contributed by atoms with Crippen LogP contribution in [0.2, 0.25) is 0 Å². The van der Waals surface area contributed by atoms with Crippen molar-refractivity contribution in [2.45, 2.75) is 37.2 Å². The summed E-state index contributed by atoms with van der Waals surface area (Å²) in [5.41, 5.74) is 0.697. The fourth-order valence-electron chi connectivity index (χ4n) is 2.53. The summed E-state index contributed by atoms with van der Waals surface area (Å²) in [6.07, 6.45) is 3.07. The average molecular weight is 371 g/mol. The summed E-state index contributed by atoms with van der Waals surface area (Å²) >= 11 is 3.36. The van der Waals surface area contributed by atoms with Crippen LogP contribution in [0.3, 0.4) is 0 Å². The van der Waals surface area contributed by atoms with E-state index in [0.29, 0.717) is 11.4 Å². The fraction of sp³-hybridized carbons (Fsp3) is 0.385. The molecule has 6 nitrogen and oxygen atoms in total. The second-order valence-electron chi connectivity index (χ2n) is 5.02. The highest BCUT2D eigenvalue weighted by Crippen LogP contribution is 2.27. The molecule has 0 unspecified atom stereocenters. The van der Waals surface area contributed by atoms with Crippen molar-refractivity contribution in [2.75, 3.05) is 0 Å². The summed E-state index contributed by atoms with van der Waals surface area (Å²) < 4.78 is 30.5. The smallest absolute Gasteiger partial charge is 0.241 e. The first-order valence-corrected chi connectivity index (χ1v) is 8.92. The maximum atomic E-state index is 12.6.